The number of carbonyl (C=O) groups excluding carboxylic acids is 1. The lowest BCUT2D eigenvalue weighted by molar-refractivity contribution is -0.138. The number of nitrogens with one attached hydrogen (secondary N) is 1. The second-order valence-corrected chi connectivity index (χ2v) is 5.29. The Morgan fingerprint density at radius 2 is 1.82 bits per heavy atom. The van der Waals surface area contributed by atoms with E-state index in [2.05, 4.69) is 10.2 Å². The summed E-state index contributed by atoms with van der Waals surface area (Å²) < 4.78 is 12.9. The van der Waals surface area contributed by atoms with Crippen molar-refractivity contribution in [3.05, 3.63) is 30.1 Å². The number of benzene rings is 1. The predicted molar refractivity (Wildman–Crippen MR) is 80.3 cm³/mol. The predicted octanol–water partition coefficient (Wildman–Crippen LogP) is 0.537. The topological polar surface area (TPSA) is 72.9 Å². The van der Waals surface area contributed by atoms with Crippen molar-refractivity contribution in [3.8, 4) is 0 Å². The van der Waals surface area contributed by atoms with Gasteiger partial charge in [-0.05, 0) is 31.2 Å². The van der Waals surface area contributed by atoms with Crippen LogP contribution in [0.1, 0.15) is 6.92 Å². The van der Waals surface area contributed by atoms with Gasteiger partial charge in [-0.3, -0.25) is 14.5 Å². The molecule has 1 aromatic carbocycles. The first-order valence-corrected chi connectivity index (χ1v) is 7.21. The van der Waals surface area contributed by atoms with E-state index in [4.69, 9.17) is 5.11 Å². The van der Waals surface area contributed by atoms with Crippen LogP contribution in [0, 0.1) is 5.82 Å². The summed E-state index contributed by atoms with van der Waals surface area (Å²) in [5, 5.41) is 11.0. The van der Waals surface area contributed by atoms with E-state index >= 15 is 0 Å². The number of anilines is 1. The highest BCUT2D eigenvalue weighted by Crippen LogP contribution is 2.17. The van der Waals surface area contributed by atoms with Crippen LogP contribution in [0.2, 0.25) is 0 Å². The smallest absolute Gasteiger partial charge is 0.322 e. The molecule has 1 heterocycles. The third-order valence-electron chi connectivity index (χ3n) is 3.85. The van der Waals surface area contributed by atoms with Gasteiger partial charge in [0.2, 0.25) is 5.91 Å². The molecular weight excluding hydrogens is 289 g/mol. The van der Waals surface area contributed by atoms with Gasteiger partial charge in [-0.15, -0.1) is 0 Å². The summed E-state index contributed by atoms with van der Waals surface area (Å²) >= 11 is 0. The number of aliphatic carboxylic acids is 1. The molecule has 0 aromatic heterocycles. The van der Waals surface area contributed by atoms with Crippen LogP contribution < -0.4 is 10.2 Å². The highest BCUT2D eigenvalue weighted by molar-refractivity contribution is 5.84. The molecule has 2 rings (SSSR count). The van der Waals surface area contributed by atoms with Crippen LogP contribution in [0.25, 0.3) is 0 Å². The maximum absolute atomic E-state index is 12.9. The van der Waals surface area contributed by atoms with E-state index in [0.29, 0.717) is 13.1 Å². The van der Waals surface area contributed by atoms with Crippen LogP contribution in [0.15, 0.2) is 24.3 Å². The van der Waals surface area contributed by atoms with Gasteiger partial charge in [0.25, 0.3) is 0 Å². The molecular formula is C15H20FN3O3. The van der Waals surface area contributed by atoms with Crippen molar-refractivity contribution in [3.63, 3.8) is 0 Å². The number of amides is 1. The van der Waals surface area contributed by atoms with E-state index in [9.17, 15) is 14.0 Å². The minimum atomic E-state index is -1.05. The van der Waals surface area contributed by atoms with E-state index in [1.54, 1.807) is 19.1 Å². The number of piperazine rings is 1. The Morgan fingerprint density at radius 3 is 2.36 bits per heavy atom. The van der Waals surface area contributed by atoms with Crippen molar-refractivity contribution in [1.29, 1.82) is 0 Å². The summed E-state index contributed by atoms with van der Waals surface area (Å²) in [6.45, 7) is 4.27. The lowest BCUT2D eigenvalue weighted by Crippen LogP contribution is -2.54. The molecule has 1 saturated heterocycles. The zero-order valence-corrected chi connectivity index (χ0v) is 12.5. The van der Waals surface area contributed by atoms with Crippen molar-refractivity contribution in [1.82, 2.24) is 10.2 Å². The lowest BCUT2D eigenvalue weighted by atomic mass is 10.2. The first-order chi connectivity index (χ1) is 10.5. The van der Waals surface area contributed by atoms with Crippen LogP contribution in [0.3, 0.4) is 0 Å². The Bertz CT molecular complexity index is 527. The maximum Gasteiger partial charge on any atom is 0.322 e. The summed E-state index contributed by atoms with van der Waals surface area (Å²) in [5.41, 5.74) is 0.962. The van der Waals surface area contributed by atoms with Gasteiger partial charge in [-0.2, -0.15) is 0 Å². The minimum Gasteiger partial charge on any atom is -0.480 e. The fraction of sp³-hybridized carbons (Fsp3) is 0.467. The molecule has 120 valence electrons. The molecule has 0 radical (unpaired) electrons. The number of carbonyl (C=O) groups is 2. The normalized spacial score (nSPS) is 17.1. The Kier molecular flexibility index (Phi) is 5.32. The highest BCUT2D eigenvalue weighted by Gasteiger charge is 2.25. The quantitative estimate of drug-likeness (QED) is 0.830. The second kappa shape index (κ2) is 7.22. The fourth-order valence-corrected chi connectivity index (χ4v) is 2.50. The van der Waals surface area contributed by atoms with Gasteiger partial charge in [0, 0.05) is 31.9 Å². The highest BCUT2D eigenvalue weighted by atomic mass is 19.1. The molecule has 1 aliphatic heterocycles. The standard InChI is InChI=1S/C15H20FN3O3/c1-11(15(22)17-10-14(20)21)18-6-8-19(9-7-18)13-4-2-12(16)3-5-13/h2-5,11H,6-10H2,1H3,(H,17,22)(H,20,21)/t11-/m1/s1. The largest absolute Gasteiger partial charge is 0.480 e. The molecule has 0 spiro atoms. The molecule has 1 fully saturated rings. The van der Waals surface area contributed by atoms with Gasteiger partial charge in [0.1, 0.15) is 12.4 Å². The van der Waals surface area contributed by atoms with E-state index in [-0.39, 0.29) is 24.3 Å². The number of carboxylic acids is 1. The molecule has 0 aliphatic carbocycles. The Hall–Kier alpha value is -2.15. The number of hydrogen-bond acceptors (Lipinski definition) is 4. The minimum absolute atomic E-state index is 0.258. The number of halogens is 1. The Labute approximate surface area is 128 Å². The van der Waals surface area contributed by atoms with Crippen molar-refractivity contribution in [2.24, 2.45) is 0 Å². The van der Waals surface area contributed by atoms with E-state index in [1.807, 2.05) is 4.90 Å². The molecule has 1 aromatic rings. The SMILES string of the molecule is C[C@H](C(=O)NCC(=O)O)N1CCN(c2ccc(F)cc2)CC1. The molecule has 0 bridgehead atoms. The van der Waals surface area contributed by atoms with Crippen molar-refractivity contribution < 1.29 is 19.1 Å². The average Bonchev–Trinajstić information content (AvgIpc) is 2.53. The van der Waals surface area contributed by atoms with Gasteiger partial charge < -0.3 is 15.3 Å². The van der Waals surface area contributed by atoms with E-state index in [1.165, 1.54) is 12.1 Å². The molecule has 22 heavy (non-hydrogen) atoms. The zero-order chi connectivity index (χ0) is 16.1. The van der Waals surface area contributed by atoms with Crippen molar-refractivity contribution in [2.75, 3.05) is 37.6 Å². The van der Waals surface area contributed by atoms with Crippen LogP contribution in [0.4, 0.5) is 10.1 Å². The van der Waals surface area contributed by atoms with Crippen LogP contribution >= 0.6 is 0 Å². The summed E-state index contributed by atoms with van der Waals surface area (Å²) in [4.78, 5) is 26.5. The molecule has 6 nitrogen and oxygen atoms in total. The van der Waals surface area contributed by atoms with Gasteiger partial charge in [0.15, 0.2) is 0 Å². The molecule has 0 saturated carbocycles. The summed E-state index contributed by atoms with van der Waals surface area (Å²) in [6, 6.07) is 5.99. The number of carboxylic acid groups (broad SMARTS) is 1. The lowest BCUT2D eigenvalue weighted by Gasteiger charge is -2.38. The van der Waals surface area contributed by atoms with Gasteiger partial charge in [-0.1, -0.05) is 0 Å². The van der Waals surface area contributed by atoms with E-state index < -0.39 is 5.97 Å². The maximum atomic E-state index is 12.9. The molecule has 2 N–H and O–H groups in total. The van der Waals surface area contributed by atoms with Crippen molar-refractivity contribution in [2.45, 2.75) is 13.0 Å². The summed E-state index contributed by atoms with van der Waals surface area (Å²) in [6.07, 6.45) is 0. The summed E-state index contributed by atoms with van der Waals surface area (Å²) in [5.74, 6) is -1.59. The third kappa shape index (κ3) is 4.17. The Morgan fingerprint density at radius 1 is 1.23 bits per heavy atom. The number of hydrogen-bond donors (Lipinski definition) is 2. The van der Waals surface area contributed by atoms with Crippen LogP contribution in [-0.2, 0) is 9.59 Å². The monoisotopic (exact) mass is 309 g/mol. The second-order valence-electron chi connectivity index (χ2n) is 5.29. The first kappa shape index (κ1) is 16.2. The molecule has 7 heteroatoms. The number of nitrogens with zero attached hydrogens (tertiary/aromatic N) is 2. The molecule has 0 unspecified atom stereocenters. The van der Waals surface area contributed by atoms with Gasteiger partial charge in [-0.25, -0.2) is 4.39 Å². The third-order valence-corrected chi connectivity index (χ3v) is 3.85. The zero-order valence-electron chi connectivity index (χ0n) is 12.5. The van der Waals surface area contributed by atoms with Crippen LogP contribution in [-0.4, -0.2) is 60.6 Å². The summed E-state index contributed by atoms with van der Waals surface area (Å²) in [7, 11) is 0. The molecule has 1 aliphatic rings. The van der Waals surface area contributed by atoms with Crippen LogP contribution in [0.5, 0.6) is 0 Å². The Balaban J connectivity index is 1.84. The molecule has 1 atom stereocenters. The fourth-order valence-electron chi connectivity index (χ4n) is 2.50. The first-order valence-electron chi connectivity index (χ1n) is 7.21. The number of rotatable bonds is 5. The van der Waals surface area contributed by atoms with Gasteiger partial charge >= 0.3 is 5.97 Å². The van der Waals surface area contributed by atoms with Gasteiger partial charge in [0.05, 0.1) is 6.04 Å². The molecule has 1 amide bonds. The van der Waals surface area contributed by atoms with Crippen molar-refractivity contribution >= 4 is 17.6 Å². The van der Waals surface area contributed by atoms with E-state index in [0.717, 1.165) is 18.8 Å². The average molecular weight is 309 g/mol.